The maximum absolute atomic E-state index is 12.4. The highest BCUT2D eigenvalue weighted by atomic mass is 17.2. The van der Waals surface area contributed by atoms with E-state index in [1.54, 1.807) is 30.3 Å². The van der Waals surface area contributed by atoms with Crippen molar-refractivity contribution in [3.63, 3.8) is 0 Å². The Morgan fingerprint density at radius 3 is 2.42 bits per heavy atom. The highest BCUT2D eigenvalue weighted by molar-refractivity contribution is 6.10. The topological polar surface area (TPSA) is 58.6 Å². The van der Waals surface area contributed by atoms with Crippen LogP contribution in [0.4, 0.5) is 5.69 Å². The van der Waals surface area contributed by atoms with Gasteiger partial charge >= 0.3 is 0 Å². The Morgan fingerprint density at radius 1 is 1.11 bits per heavy atom. The minimum atomic E-state index is -0.0564. The highest BCUT2D eigenvalue weighted by Gasteiger charge is 2.12. The lowest BCUT2D eigenvalue weighted by molar-refractivity contribution is -0.215. The number of rotatable bonds is 4. The maximum atomic E-state index is 12.4. The van der Waals surface area contributed by atoms with Gasteiger partial charge in [-0.05, 0) is 31.5 Å². The Bertz CT molecular complexity index is 591. The zero-order valence-electron chi connectivity index (χ0n) is 10.8. The second-order valence-electron chi connectivity index (χ2n) is 4.42. The molecule has 0 heterocycles. The van der Waals surface area contributed by atoms with Crippen molar-refractivity contribution in [1.29, 1.82) is 0 Å². The summed E-state index contributed by atoms with van der Waals surface area (Å²) in [6.45, 7) is 3.84. The number of nitrogens with one attached hydrogen (secondary N) is 1. The molecule has 2 aromatic carbocycles. The summed E-state index contributed by atoms with van der Waals surface area (Å²) in [5.41, 5.74) is 6.00. The fraction of sp³-hybridized carbons (Fsp3) is 0.133. The van der Waals surface area contributed by atoms with Crippen LogP contribution in [0.2, 0.25) is 0 Å². The summed E-state index contributed by atoms with van der Waals surface area (Å²) in [5.74, 6) is -0.0564. The number of hydrogen-bond donors (Lipinski definition) is 2. The number of carbonyl (C=O) groups excluding carboxylic acids is 1. The number of hydrogen-bond acceptors (Lipinski definition) is 4. The van der Waals surface area contributed by atoms with E-state index in [9.17, 15) is 4.79 Å². The Hall–Kier alpha value is -2.17. The van der Waals surface area contributed by atoms with Crippen LogP contribution in [0, 0.1) is 13.8 Å². The summed E-state index contributed by atoms with van der Waals surface area (Å²) < 4.78 is 0. The van der Waals surface area contributed by atoms with Gasteiger partial charge in [0.1, 0.15) is 0 Å². The van der Waals surface area contributed by atoms with Crippen molar-refractivity contribution >= 4 is 11.5 Å². The van der Waals surface area contributed by atoms with Crippen molar-refractivity contribution in [1.82, 2.24) is 0 Å². The molecule has 2 N–H and O–H groups in total. The first-order chi connectivity index (χ1) is 9.11. The van der Waals surface area contributed by atoms with Gasteiger partial charge in [0.25, 0.3) is 0 Å². The summed E-state index contributed by atoms with van der Waals surface area (Å²) in [5, 5.41) is 8.37. The van der Waals surface area contributed by atoms with Crippen molar-refractivity contribution in [3.8, 4) is 0 Å². The van der Waals surface area contributed by atoms with Gasteiger partial charge < -0.3 is 0 Å². The fourth-order valence-corrected chi connectivity index (χ4v) is 1.84. The SMILES string of the molecule is Cc1ccc(C(=O)c2cc(NOO)ccc2C)cc1. The van der Waals surface area contributed by atoms with E-state index in [-0.39, 0.29) is 5.78 Å². The highest BCUT2D eigenvalue weighted by Crippen LogP contribution is 2.19. The molecule has 0 aliphatic carbocycles. The van der Waals surface area contributed by atoms with Gasteiger partial charge in [0, 0.05) is 11.1 Å². The van der Waals surface area contributed by atoms with Crippen LogP contribution in [0.15, 0.2) is 42.5 Å². The van der Waals surface area contributed by atoms with Gasteiger partial charge in [-0.1, -0.05) is 35.9 Å². The quantitative estimate of drug-likeness (QED) is 0.501. The van der Waals surface area contributed by atoms with E-state index in [0.717, 1.165) is 11.1 Å². The molecule has 2 rings (SSSR count). The van der Waals surface area contributed by atoms with E-state index in [1.807, 2.05) is 26.0 Å². The fourth-order valence-electron chi connectivity index (χ4n) is 1.84. The second kappa shape index (κ2) is 5.65. The minimum absolute atomic E-state index is 0.0564. The van der Waals surface area contributed by atoms with E-state index >= 15 is 0 Å². The molecule has 0 saturated carbocycles. The number of aryl methyl sites for hydroxylation is 2. The monoisotopic (exact) mass is 257 g/mol. The molecule has 4 heteroatoms. The summed E-state index contributed by atoms with van der Waals surface area (Å²) in [6.07, 6.45) is 0. The third-order valence-electron chi connectivity index (χ3n) is 2.96. The standard InChI is InChI=1S/C15H15NO3/c1-10-3-6-12(7-4-10)15(17)14-9-13(16-19-18)8-5-11(14)2/h3-9,16,18H,1-2H3. The lowest BCUT2D eigenvalue weighted by Gasteiger charge is -2.08. The molecule has 0 aromatic heterocycles. The van der Waals surface area contributed by atoms with Gasteiger partial charge in [-0.2, -0.15) is 0 Å². The first-order valence-electron chi connectivity index (χ1n) is 5.90. The molecule has 4 nitrogen and oxygen atoms in total. The molecular formula is C15H15NO3. The minimum Gasteiger partial charge on any atom is -0.289 e. The van der Waals surface area contributed by atoms with Crippen LogP contribution in [0.3, 0.4) is 0 Å². The van der Waals surface area contributed by atoms with E-state index < -0.39 is 0 Å². The van der Waals surface area contributed by atoms with Crippen LogP contribution in [0.25, 0.3) is 0 Å². The average molecular weight is 257 g/mol. The average Bonchev–Trinajstić information content (AvgIpc) is 2.41. The van der Waals surface area contributed by atoms with Crippen LogP contribution >= 0.6 is 0 Å². The molecule has 0 radical (unpaired) electrons. The largest absolute Gasteiger partial charge is 0.289 e. The molecule has 0 atom stereocenters. The van der Waals surface area contributed by atoms with E-state index in [1.165, 1.54) is 0 Å². The smallest absolute Gasteiger partial charge is 0.193 e. The summed E-state index contributed by atoms with van der Waals surface area (Å²) in [6, 6.07) is 12.6. The molecule has 98 valence electrons. The molecule has 0 fully saturated rings. The second-order valence-corrected chi connectivity index (χ2v) is 4.42. The van der Waals surface area contributed by atoms with Gasteiger partial charge in [0.05, 0.1) is 5.69 Å². The maximum Gasteiger partial charge on any atom is 0.193 e. The third kappa shape index (κ3) is 2.99. The molecule has 0 amide bonds. The van der Waals surface area contributed by atoms with Gasteiger partial charge in [-0.15, -0.1) is 4.99 Å². The molecular weight excluding hydrogens is 242 g/mol. The molecule has 19 heavy (non-hydrogen) atoms. The van der Waals surface area contributed by atoms with Crippen molar-refractivity contribution in [3.05, 3.63) is 64.7 Å². The van der Waals surface area contributed by atoms with Gasteiger partial charge in [-0.3, -0.25) is 4.79 Å². The van der Waals surface area contributed by atoms with E-state index in [4.69, 9.17) is 5.26 Å². The zero-order chi connectivity index (χ0) is 13.8. The normalized spacial score (nSPS) is 10.3. The number of anilines is 1. The predicted molar refractivity (Wildman–Crippen MR) is 73.1 cm³/mol. The molecule has 0 aliphatic heterocycles. The summed E-state index contributed by atoms with van der Waals surface area (Å²) in [7, 11) is 0. The van der Waals surface area contributed by atoms with Crippen molar-refractivity contribution in [2.45, 2.75) is 13.8 Å². The van der Waals surface area contributed by atoms with Crippen LogP contribution in [0.5, 0.6) is 0 Å². The molecule has 0 spiro atoms. The van der Waals surface area contributed by atoms with Gasteiger partial charge in [0.2, 0.25) is 0 Å². The molecule has 0 unspecified atom stereocenters. The molecule has 2 aromatic rings. The molecule has 0 bridgehead atoms. The van der Waals surface area contributed by atoms with Gasteiger partial charge in [-0.25, -0.2) is 10.7 Å². The zero-order valence-corrected chi connectivity index (χ0v) is 10.8. The Balaban J connectivity index is 2.37. The Kier molecular flexibility index (Phi) is 3.94. The Morgan fingerprint density at radius 2 is 1.79 bits per heavy atom. The number of benzene rings is 2. The lowest BCUT2D eigenvalue weighted by Crippen LogP contribution is -2.05. The van der Waals surface area contributed by atoms with Crippen molar-refractivity contribution < 1.29 is 15.0 Å². The Labute approximate surface area is 111 Å². The summed E-state index contributed by atoms with van der Waals surface area (Å²) in [4.78, 5) is 16.3. The first kappa shape index (κ1) is 13.3. The molecule has 0 saturated heterocycles. The van der Waals surface area contributed by atoms with Crippen molar-refractivity contribution in [2.24, 2.45) is 0 Å². The lowest BCUT2D eigenvalue weighted by atomic mass is 9.98. The third-order valence-corrected chi connectivity index (χ3v) is 2.96. The van der Waals surface area contributed by atoms with Crippen LogP contribution in [0.1, 0.15) is 27.0 Å². The first-order valence-corrected chi connectivity index (χ1v) is 5.90. The van der Waals surface area contributed by atoms with E-state index in [2.05, 4.69) is 10.5 Å². The van der Waals surface area contributed by atoms with E-state index in [0.29, 0.717) is 16.8 Å². The number of ketones is 1. The number of carbonyl (C=O) groups is 1. The molecule has 0 aliphatic rings. The van der Waals surface area contributed by atoms with Crippen LogP contribution < -0.4 is 5.48 Å². The summed E-state index contributed by atoms with van der Waals surface area (Å²) >= 11 is 0. The van der Waals surface area contributed by atoms with Crippen molar-refractivity contribution in [2.75, 3.05) is 5.48 Å². The van der Waals surface area contributed by atoms with Gasteiger partial charge in [0.15, 0.2) is 5.78 Å². The van der Waals surface area contributed by atoms with Crippen LogP contribution in [-0.2, 0) is 4.99 Å². The predicted octanol–water partition coefficient (Wildman–Crippen LogP) is 3.35. The van der Waals surface area contributed by atoms with Crippen LogP contribution in [-0.4, -0.2) is 11.0 Å².